The van der Waals surface area contributed by atoms with Crippen LogP contribution in [0.3, 0.4) is 0 Å². The molecule has 0 fully saturated rings. The van der Waals surface area contributed by atoms with E-state index in [1.165, 1.54) is 0 Å². The highest BCUT2D eigenvalue weighted by atomic mass is 16.7. The van der Waals surface area contributed by atoms with Crippen molar-refractivity contribution in [1.82, 2.24) is 0 Å². The summed E-state index contributed by atoms with van der Waals surface area (Å²) in [5.41, 5.74) is 0.178. The topological polar surface area (TPSA) is 44.8 Å². The molecule has 0 amide bonds. The van der Waals surface area contributed by atoms with Gasteiger partial charge in [0.05, 0.1) is 12.0 Å². The van der Waals surface area contributed by atoms with Gasteiger partial charge < -0.3 is 14.2 Å². The Morgan fingerprint density at radius 3 is 2.76 bits per heavy atom. The molecule has 0 unspecified atom stereocenters. The highest BCUT2D eigenvalue weighted by Gasteiger charge is 2.32. The second-order valence-electron chi connectivity index (χ2n) is 4.41. The molecule has 1 heterocycles. The van der Waals surface area contributed by atoms with Gasteiger partial charge in [-0.05, 0) is 38.5 Å². The zero-order chi connectivity index (χ0) is 12.5. The molecule has 1 aliphatic rings. The number of carbonyl (C=O) groups is 1. The first-order valence-electron chi connectivity index (χ1n) is 5.63. The zero-order valence-electron chi connectivity index (χ0n) is 10.3. The highest BCUT2D eigenvalue weighted by molar-refractivity contribution is 5.82. The first-order chi connectivity index (χ1) is 8.05. The Kier molecular flexibility index (Phi) is 2.96. The second-order valence-corrected chi connectivity index (χ2v) is 4.41. The summed E-state index contributed by atoms with van der Waals surface area (Å²) in [5.74, 6) is 1.16. The second kappa shape index (κ2) is 4.28. The predicted octanol–water partition coefficient (Wildman–Crippen LogP) is 2.26. The molecule has 0 bridgehead atoms. The Hall–Kier alpha value is -1.71. The predicted molar refractivity (Wildman–Crippen MR) is 62.2 cm³/mol. The van der Waals surface area contributed by atoms with Crippen LogP contribution in [0, 0.1) is 0 Å². The van der Waals surface area contributed by atoms with Crippen LogP contribution < -0.4 is 9.47 Å². The van der Waals surface area contributed by atoms with Crippen molar-refractivity contribution in [2.24, 2.45) is 0 Å². The molecule has 0 radical (unpaired) electrons. The fourth-order valence-corrected chi connectivity index (χ4v) is 1.71. The van der Waals surface area contributed by atoms with Gasteiger partial charge >= 0.3 is 5.97 Å². The standard InChI is InChI=1S/C13H16O4/c1-4-15-12(14)13(2,3)9-5-6-10-11(7-9)17-8-16-10/h5-7H,4,8H2,1-3H3. The van der Waals surface area contributed by atoms with Crippen LogP contribution in [0.1, 0.15) is 26.3 Å². The van der Waals surface area contributed by atoms with Gasteiger partial charge in [-0.3, -0.25) is 4.79 Å². The summed E-state index contributed by atoms with van der Waals surface area (Å²) >= 11 is 0. The Bertz CT molecular complexity index is 437. The lowest BCUT2D eigenvalue weighted by Crippen LogP contribution is -2.31. The number of esters is 1. The molecule has 92 valence electrons. The van der Waals surface area contributed by atoms with E-state index >= 15 is 0 Å². The smallest absolute Gasteiger partial charge is 0.315 e. The SMILES string of the molecule is CCOC(=O)C(C)(C)c1ccc2c(c1)OCO2. The van der Waals surface area contributed by atoms with Gasteiger partial charge in [0, 0.05) is 0 Å². The molecular weight excluding hydrogens is 220 g/mol. The van der Waals surface area contributed by atoms with Crippen molar-refractivity contribution >= 4 is 5.97 Å². The average molecular weight is 236 g/mol. The summed E-state index contributed by atoms with van der Waals surface area (Å²) in [5, 5.41) is 0. The van der Waals surface area contributed by atoms with Crippen LogP contribution in [0.25, 0.3) is 0 Å². The molecule has 0 N–H and O–H groups in total. The minimum atomic E-state index is -0.684. The first-order valence-corrected chi connectivity index (χ1v) is 5.63. The number of rotatable bonds is 3. The van der Waals surface area contributed by atoms with Crippen LogP contribution in [0.2, 0.25) is 0 Å². The van der Waals surface area contributed by atoms with Crippen molar-refractivity contribution < 1.29 is 19.0 Å². The van der Waals surface area contributed by atoms with Crippen molar-refractivity contribution in [3.05, 3.63) is 23.8 Å². The number of fused-ring (bicyclic) bond motifs is 1. The van der Waals surface area contributed by atoms with E-state index in [0.29, 0.717) is 18.1 Å². The van der Waals surface area contributed by atoms with Crippen LogP contribution in [-0.2, 0) is 14.9 Å². The van der Waals surface area contributed by atoms with Crippen LogP contribution >= 0.6 is 0 Å². The summed E-state index contributed by atoms with van der Waals surface area (Å²) in [6, 6.07) is 5.52. The lowest BCUT2D eigenvalue weighted by atomic mass is 9.84. The van der Waals surface area contributed by atoms with Gasteiger partial charge in [-0.1, -0.05) is 6.07 Å². The van der Waals surface area contributed by atoms with E-state index in [9.17, 15) is 4.79 Å². The van der Waals surface area contributed by atoms with Gasteiger partial charge in [0.15, 0.2) is 11.5 Å². The number of hydrogen-bond donors (Lipinski definition) is 0. The molecule has 0 aliphatic carbocycles. The average Bonchev–Trinajstić information content (AvgIpc) is 2.76. The minimum Gasteiger partial charge on any atom is -0.465 e. The monoisotopic (exact) mass is 236 g/mol. The molecule has 0 saturated carbocycles. The van der Waals surface area contributed by atoms with Crippen LogP contribution in [0.4, 0.5) is 0 Å². The minimum absolute atomic E-state index is 0.235. The van der Waals surface area contributed by atoms with Crippen molar-refractivity contribution in [2.45, 2.75) is 26.2 Å². The van der Waals surface area contributed by atoms with Gasteiger partial charge in [-0.15, -0.1) is 0 Å². The van der Waals surface area contributed by atoms with E-state index in [2.05, 4.69) is 0 Å². The van der Waals surface area contributed by atoms with Crippen molar-refractivity contribution in [3.63, 3.8) is 0 Å². The quantitative estimate of drug-likeness (QED) is 0.755. The molecule has 0 spiro atoms. The first kappa shape index (κ1) is 11.8. The molecule has 1 aromatic rings. The normalized spacial score (nSPS) is 13.6. The molecule has 4 nitrogen and oxygen atoms in total. The van der Waals surface area contributed by atoms with Crippen LogP contribution in [-0.4, -0.2) is 19.4 Å². The Morgan fingerprint density at radius 2 is 2.06 bits per heavy atom. The molecule has 17 heavy (non-hydrogen) atoms. The fraction of sp³-hybridized carbons (Fsp3) is 0.462. The van der Waals surface area contributed by atoms with Crippen LogP contribution in [0.15, 0.2) is 18.2 Å². The Balaban J connectivity index is 2.30. The highest BCUT2D eigenvalue weighted by Crippen LogP contribution is 2.36. The maximum atomic E-state index is 11.9. The molecule has 4 heteroatoms. The number of carbonyl (C=O) groups excluding carboxylic acids is 1. The third kappa shape index (κ3) is 2.07. The third-order valence-corrected chi connectivity index (χ3v) is 2.88. The van der Waals surface area contributed by atoms with E-state index < -0.39 is 5.41 Å². The Morgan fingerprint density at radius 1 is 1.35 bits per heavy atom. The zero-order valence-corrected chi connectivity index (χ0v) is 10.3. The van der Waals surface area contributed by atoms with Crippen LogP contribution in [0.5, 0.6) is 11.5 Å². The molecule has 2 rings (SSSR count). The molecule has 0 aromatic heterocycles. The lowest BCUT2D eigenvalue weighted by molar-refractivity contribution is -0.148. The summed E-state index contributed by atoms with van der Waals surface area (Å²) in [6.07, 6.45) is 0. The fourth-order valence-electron chi connectivity index (χ4n) is 1.71. The maximum absolute atomic E-state index is 11.9. The molecular formula is C13H16O4. The lowest BCUT2D eigenvalue weighted by Gasteiger charge is -2.22. The number of benzene rings is 1. The number of ether oxygens (including phenoxy) is 3. The van der Waals surface area contributed by atoms with E-state index in [0.717, 1.165) is 5.56 Å². The number of hydrogen-bond acceptors (Lipinski definition) is 4. The van der Waals surface area contributed by atoms with E-state index in [1.54, 1.807) is 6.92 Å². The van der Waals surface area contributed by atoms with Crippen molar-refractivity contribution in [1.29, 1.82) is 0 Å². The van der Waals surface area contributed by atoms with E-state index in [4.69, 9.17) is 14.2 Å². The van der Waals surface area contributed by atoms with Gasteiger partial charge in [0.1, 0.15) is 0 Å². The van der Waals surface area contributed by atoms with Crippen molar-refractivity contribution in [3.8, 4) is 11.5 Å². The summed E-state index contributed by atoms with van der Waals surface area (Å²) in [4.78, 5) is 11.9. The maximum Gasteiger partial charge on any atom is 0.315 e. The van der Waals surface area contributed by atoms with Gasteiger partial charge in [0.25, 0.3) is 0 Å². The van der Waals surface area contributed by atoms with Gasteiger partial charge in [0.2, 0.25) is 6.79 Å². The van der Waals surface area contributed by atoms with Gasteiger partial charge in [-0.2, -0.15) is 0 Å². The molecule has 1 aromatic carbocycles. The molecule has 0 saturated heterocycles. The molecule has 0 atom stereocenters. The van der Waals surface area contributed by atoms with Crippen molar-refractivity contribution in [2.75, 3.05) is 13.4 Å². The summed E-state index contributed by atoms with van der Waals surface area (Å²) in [6.45, 7) is 6.09. The summed E-state index contributed by atoms with van der Waals surface area (Å²) < 4.78 is 15.6. The van der Waals surface area contributed by atoms with E-state index in [1.807, 2.05) is 32.0 Å². The third-order valence-electron chi connectivity index (χ3n) is 2.88. The Labute approximate surface area is 100 Å². The van der Waals surface area contributed by atoms with Gasteiger partial charge in [-0.25, -0.2) is 0 Å². The molecule has 1 aliphatic heterocycles. The summed E-state index contributed by atoms with van der Waals surface area (Å²) in [7, 11) is 0. The van der Waals surface area contributed by atoms with E-state index in [-0.39, 0.29) is 12.8 Å². The largest absolute Gasteiger partial charge is 0.465 e.